The minimum atomic E-state index is 0.298. The van der Waals surface area contributed by atoms with Crippen molar-refractivity contribution in [1.29, 1.82) is 0 Å². The lowest BCUT2D eigenvalue weighted by Crippen LogP contribution is -2.40. The van der Waals surface area contributed by atoms with Gasteiger partial charge in [0.05, 0.1) is 0 Å². The fourth-order valence-corrected chi connectivity index (χ4v) is 2.60. The third kappa shape index (κ3) is 4.67. The first-order valence-corrected chi connectivity index (χ1v) is 7.28. The predicted molar refractivity (Wildman–Crippen MR) is 77.7 cm³/mol. The number of likely N-dealkylation sites (tertiary alicyclic amines) is 1. The molecule has 0 spiro atoms. The fourth-order valence-electron chi connectivity index (χ4n) is 2.60. The van der Waals surface area contributed by atoms with E-state index in [1.54, 1.807) is 0 Å². The minimum absolute atomic E-state index is 0.298. The summed E-state index contributed by atoms with van der Waals surface area (Å²) in [6.07, 6.45) is 3.03. The van der Waals surface area contributed by atoms with Gasteiger partial charge in [-0.15, -0.1) is 0 Å². The number of piperidine rings is 1. The minimum Gasteiger partial charge on any atom is -0.342 e. The lowest BCUT2D eigenvalue weighted by Gasteiger charge is -2.31. The predicted octanol–water partition coefficient (Wildman–Crippen LogP) is 2.42. The van der Waals surface area contributed by atoms with Gasteiger partial charge in [0, 0.05) is 32.6 Å². The van der Waals surface area contributed by atoms with Gasteiger partial charge in [0.2, 0.25) is 5.91 Å². The lowest BCUT2D eigenvalue weighted by atomic mass is 10.00. The number of nitrogens with zero attached hydrogens (tertiary/aromatic N) is 1. The van der Waals surface area contributed by atoms with E-state index in [1.807, 2.05) is 23.1 Å². The first-order chi connectivity index (χ1) is 9.25. The maximum absolute atomic E-state index is 12.0. The van der Waals surface area contributed by atoms with E-state index in [0.717, 1.165) is 32.6 Å². The van der Waals surface area contributed by atoms with E-state index in [9.17, 15) is 4.79 Å². The van der Waals surface area contributed by atoms with Crippen LogP contribution < -0.4 is 5.32 Å². The number of nitrogens with one attached hydrogen (secondary N) is 1. The molecule has 0 aromatic heterocycles. The smallest absolute Gasteiger partial charge is 0.223 e. The third-order valence-electron chi connectivity index (χ3n) is 3.70. The van der Waals surface area contributed by atoms with Crippen LogP contribution in [0.1, 0.15) is 31.7 Å². The molecule has 3 nitrogen and oxygen atoms in total. The molecule has 0 saturated carbocycles. The number of carbonyl (C=O) groups is 1. The van der Waals surface area contributed by atoms with Gasteiger partial charge in [-0.2, -0.15) is 0 Å². The molecule has 104 valence electrons. The van der Waals surface area contributed by atoms with Crippen LogP contribution in [-0.4, -0.2) is 30.4 Å². The second-order valence-corrected chi connectivity index (χ2v) is 5.50. The Kier molecular flexibility index (Phi) is 5.40. The standard InChI is InChI=1S/C16H24N2O/c1-14-6-5-11-18(13-14)16(19)9-10-17-12-15-7-3-2-4-8-15/h2-4,7-8,14,17H,5-6,9-13H2,1H3. The van der Waals surface area contributed by atoms with Crippen molar-refractivity contribution < 1.29 is 4.79 Å². The van der Waals surface area contributed by atoms with Crippen molar-refractivity contribution in [3.05, 3.63) is 35.9 Å². The summed E-state index contributed by atoms with van der Waals surface area (Å²) in [5, 5.41) is 3.34. The van der Waals surface area contributed by atoms with Crippen LogP contribution in [0.5, 0.6) is 0 Å². The molecule has 2 rings (SSSR count). The van der Waals surface area contributed by atoms with Crippen LogP contribution in [0, 0.1) is 5.92 Å². The molecule has 0 aliphatic carbocycles. The van der Waals surface area contributed by atoms with Gasteiger partial charge in [0.1, 0.15) is 0 Å². The highest BCUT2D eigenvalue weighted by Gasteiger charge is 2.20. The summed E-state index contributed by atoms with van der Waals surface area (Å²) in [6.45, 7) is 5.72. The third-order valence-corrected chi connectivity index (χ3v) is 3.70. The molecule has 1 aromatic carbocycles. The van der Waals surface area contributed by atoms with E-state index in [0.29, 0.717) is 18.2 Å². The Morgan fingerprint density at radius 2 is 2.16 bits per heavy atom. The molecule has 1 N–H and O–H groups in total. The van der Waals surface area contributed by atoms with Gasteiger partial charge in [-0.25, -0.2) is 0 Å². The maximum Gasteiger partial charge on any atom is 0.223 e. The Balaban J connectivity index is 1.64. The highest BCUT2D eigenvalue weighted by Crippen LogP contribution is 2.15. The Hall–Kier alpha value is -1.35. The average Bonchev–Trinajstić information content (AvgIpc) is 2.44. The molecular formula is C16H24N2O. The van der Waals surface area contributed by atoms with Gasteiger partial charge >= 0.3 is 0 Å². The van der Waals surface area contributed by atoms with Crippen LogP contribution in [0.4, 0.5) is 0 Å². The Labute approximate surface area is 116 Å². The van der Waals surface area contributed by atoms with Crippen molar-refractivity contribution in [2.24, 2.45) is 5.92 Å². The molecule has 1 atom stereocenters. The molecule has 0 bridgehead atoms. The SMILES string of the molecule is CC1CCCN(C(=O)CCNCc2ccccc2)C1. The maximum atomic E-state index is 12.0. The summed E-state index contributed by atoms with van der Waals surface area (Å²) in [6, 6.07) is 10.3. The highest BCUT2D eigenvalue weighted by atomic mass is 16.2. The van der Waals surface area contributed by atoms with Gasteiger partial charge < -0.3 is 10.2 Å². The van der Waals surface area contributed by atoms with Crippen molar-refractivity contribution in [3.8, 4) is 0 Å². The quantitative estimate of drug-likeness (QED) is 0.825. The van der Waals surface area contributed by atoms with Gasteiger partial charge in [0.15, 0.2) is 0 Å². The van der Waals surface area contributed by atoms with Gasteiger partial charge in [-0.3, -0.25) is 4.79 Å². The summed E-state index contributed by atoms with van der Waals surface area (Å²) in [5.74, 6) is 0.960. The summed E-state index contributed by atoms with van der Waals surface area (Å²) >= 11 is 0. The van der Waals surface area contributed by atoms with E-state index >= 15 is 0 Å². The normalized spacial score (nSPS) is 19.4. The molecule has 1 saturated heterocycles. The Morgan fingerprint density at radius 3 is 2.89 bits per heavy atom. The van der Waals surface area contributed by atoms with Crippen molar-refractivity contribution in [2.75, 3.05) is 19.6 Å². The van der Waals surface area contributed by atoms with Crippen LogP contribution >= 0.6 is 0 Å². The van der Waals surface area contributed by atoms with Gasteiger partial charge in [0.25, 0.3) is 0 Å². The van der Waals surface area contributed by atoms with Crippen LogP contribution in [0.15, 0.2) is 30.3 Å². The molecule has 1 fully saturated rings. The molecule has 3 heteroatoms. The summed E-state index contributed by atoms with van der Waals surface area (Å²) in [4.78, 5) is 14.1. The second kappa shape index (κ2) is 7.29. The Morgan fingerprint density at radius 1 is 1.37 bits per heavy atom. The number of benzene rings is 1. The first-order valence-electron chi connectivity index (χ1n) is 7.28. The summed E-state index contributed by atoms with van der Waals surface area (Å²) < 4.78 is 0. The van der Waals surface area contributed by atoms with Gasteiger partial charge in [-0.1, -0.05) is 37.3 Å². The zero-order chi connectivity index (χ0) is 13.5. The van der Waals surface area contributed by atoms with E-state index in [1.165, 1.54) is 12.0 Å². The first kappa shape index (κ1) is 14.1. The molecule has 1 aromatic rings. The number of amides is 1. The molecular weight excluding hydrogens is 236 g/mol. The van der Waals surface area contributed by atoms with Crippen molar-refractivity contribution in [1.82, 2.24) is 10.2 Å². The van der Waals surface area contributed by atoms with Gasteiger partial charge in [-0.05, 0) is 24.3 Å². The fraction of sp³-hybridized carbons (Fsp3) is 0.562. The van der Waals surface area contributed by atoms with Crippen molar-refractivity contribution >= 4 is 5.91 Å². The number of carbonyl (C=O) groups excluding carboxylic acids is 1. The number of hydrogen-bond acceptors (Lipinski definition) is 2. The van der Waals surface area contributed by atoms with Crippen LogP contribution in [0.2, 0.25) is 0 Å². The number of hydrogen-bond donors (Lipinski definition) is 1. The molecule has 1 unspecified atom stereocenters. The van der Waals surface area contributed by atoms with Crippen LogP contribution in [0.25, 0.3) is 0 Å². The van der Waals surface area contributed by atoms with E-state index in [-0.39, 0.29) is 0 Å². The molecule has 1 heterocycles. The zero-order valence-electron chi connectivity index (χ0n) is 11.8. The summed E-state index contributed by atoms with van der Waals surface area (Å²) in [7, 11) is 0. The van der Waals surface area contributed by atoms with Crippen LogP contribution in [0.3, 0.4) is 0 Å². The topological polar surface area (TPSA) is 32.3 Å². The highest BCUT2D eigenvalue weighted by molar-refractivity contribution is 5.76. The van der Waals surface area contributed by atoms with Crippen molar-refractivity contribution in [3.63, 3.8) is 0 Å². The monoisotopic (exact) mass is 260 g/mol. The second-order valence-electron chi connectivity index (χ2n) is 5.50. The Bertz CT molecular complexity index is 391. The van der Waals surface area contributed by atoms with Crippen molar-refractivity contribution in [2.45, 2.75) is 32.7 Å². The molecule has 1 aliphatic rings. The molecule has 1 aliphatic heterocycles. The average molecular weight is 260 g/mol. The molecule has 19 heavy (non-hydrogen) atoms. The molecule has 0 radical (unpaired) electrons. The molecule has 1 amide bonds. The summed E-state index contributed by atoms with van der Waals surface area (Å²) in [5.41, 5.74) is 1.27. The van der Waals surface area contributed by atoms with E-state index < -0.39 is 0 Å². The lowest BCUT2D eigenvalue weighted by molar-refractivity contribution is -0.132. The van der Waals surface area contributed by atoms with E-state index in [4.69, 9.17) is 0 Å². The van der Waals surface area contributed by atoms with Crippen LogP contribution in [-0.2, 0) is 11.3 Å². The van der Waals surface area contributed by atoms with E-state index in [2.05, 4.69) is 24.4 Å². The largest absolute Gasteiger partial charge is 0.342 e. The number of rotatable bonds is 5. The zero-order valence-corrected chi connectivity index (χ0v) is 11.8.